The van der Waals surface area contributed by atoms with E-state index in [9.17, 15) is 15.0 Å². The number of hydrogen-bond donors (Lipinski definition) is 3. The third kappa shape index (κ3) is 2.25. The lowest BCUT2D eigenvalue weighted by Crippen LogP contribution is -2.53. The van der Waals surface area contributed by atoms with Gasteiger partial charge in [-0.3, -0.25) is 4.79 Å². The van der Waals surface area contributed by atoms with Gasteiger partial charge in [-0.15, -0.1) is 0 Å². The lowest BCUT2D eigenvalue weighted by molar-refractivity contribution is -0.146. The molecule has 0 heterocycles. The first-order valence-corrected chi connectivity index (χ1v) is 8.33. The van der Waals surface area contributed by atoms with Crippen molar-refractivity contribution in [2.75, 3.05) is 0 Å². The van der Waals surface area contributed by atoms with E-state index in [0.29, 0.717) is 6.54 Å². The van der Waals surface area contributed by atoms with Crippen molar-refractivity contribution in [3.8, 4) is 11.5 Å². The number of rotatable bonds is 3. The van der Waals surface area contributed by atoms with Crippen LogP contribution in [0.25, 0.3) is 0 Å². The fourth-order valence-corrected chi connectivity index (χ4v) is 5.44. The summed E-state index contributed by atoms with van der Waals surface area (Å²) in [6.07, 6.45) is 7.18. The number of aromatic hydroxyl groups is 2. The van der Waals surface area contributed by atoms with E-state index in [-0.39, 0.29) is 22.8 Å². The number of benzene rings is 1. The van der Waals surface area contributed by atoms with Crippen LogP contribution in [0.4, 0.5) is 0 Å². The van der Waals surface area contributed by atoms with E-state index in [1.54, 1.807) is 6.07 Å². The summed E-state index contributed by atoms with van der Waals surface area (Å²) in [5, 5.41) is 21.9. The van der Waals surface area contributed by atoms with Crippen LogP contribution in [0.1, 0.15) is 44.1 Å². The molecule has 1 amide bonds. The number of nitrogens with one attached hydrogen (secondary N) is 1. The molecule has 0 saturated heterocycles. The van der Waals surface area contributed by atoms with Gasteiger partial charge < -0.3 is 15.5 Å². The Kier molecular flexibility index (Phi) is 3.10. The van der Waals surface area contributed by atoms with E-state index in [2.05, 4.69) is 5.32 Å². The highest BCUT2D eigenvalue weighted by molar-refractivity contribution is 5.83. The van der Waals surface area contributed by atoms with Crippen molar-refractivity contribution in [3.05, 3.63) is 23.8 Å². The first-order chi connectivity index (χ1) is 10.5. The van der Waals surface area contributed by atoms with Gasteiger partial charge in [0.15, 0.2) is 11.5 Å². The van der Waals surface area contributed by atoms with E-state index < -0.39 is 0 Å². The van der Waals surface area contributed by atoms with E-state index in [4.69, 9.17) is 0 Å². The molecule has 4 heteroatoms. The van der Waals surface area contributed by atoms with E-state index in [1.165, 1.54) is 31.4 Å². The second-order valence-electron chi connectivity index (χ2n) is 7.70. The third-order valence-electron chi connectivity index (χ3n) is 6.01. The Labute approximate surface area is 130 Å². The Hall–Kier alpha value is -1.71. The highest BCUT2D eigenvalue weighted by atomic mass is 16.3. The monoisotopic (exact) mass is 301 g/mol. The summed E-state index contributed by atoms with van der Waals surface area (Å²) < 4.78 is 0. The molecule has 5 rings (SSSR count). The average molecular weight is 301 g/mol. The molecular weight excluding hydrogens is 278 g/mol. The molecule has 0 unspecified atom stereocenters. The molecule has 3 N–H and O–H groups in total. The Morgan fingerprint density at radius 1 is 1.05 bits per heavy atom. The van der Waals surface area contributed by atoms with Crippen LogP contribution in [0, 0.1) is 23.2 Å². The lowest BCUT2D eigenvalue weighted by Gasteiger charge is -2.55. The quantitative estimate of drug-likeness (QED) is 0.752. The number of amides is 1. The van der Waals surface area contributed by atoms with E-state index >= 15 is 0 Å². The zero-order valence-electron chi connectivity index (χ0n) is 12.7. The number of carbonyl (C=O) groups is 1. The minimum absolute atomic E-state index is 0.129. The number of phenolic OH excluding ortho intramolecular Hbond substituents is 2. The fourth-order valence-electron chi connectivity index (χ4n) is 5.44. The third-order valence-corrected chi connectivity index (χ3v) is 6.01. The molecule has 4 nitrogen and oxygen atoms in total. The van der Waals surface area contributed by atoms with Gasteiger partial charge in [0.1, 0.15) is 0 Å². The zero-order valence-corrected chi connectivity index (χ0v) is 12.7. The van der Waals surface area contributed by atoms with Crippen LogP contribution in [0.3, 0.4) is 0 Å². The SMILES string of the molecule is O=C(NCc1ccc(O)c(O)c1)C12CC3CC(CC(C3)C1)C2. The van der Waals surface area contributed by atoms with Crippen LogP contribution in [0.2, 0.25) is 0 Å². The maximum absolute atomic E-state index is 12.8. The molecule has 22 heavy (non-hydrogen) atoms. The van der Waals surface area contributed by atoms with Crippen LogP contribution < -0.4 is 5.32 Å². The van der Waals surface area contributed by atoms with Crippen LogP contribution in [0.15, 0.2) is 18.2 Å². The van der Waals surface area contributed by atoms with Crippen molar-refractivity contribution in [3.63, 3.8) is 0 Å². The number of hydrogen-bond acceptors (Lipinski definition) is 3. The summed E-state index contributed by atoms with van der Waals surface area (Å²) in [6.45, 7) is 0.411. The Balaban J connectivity index is 1.45. The predicted molar refractivity (Wildman–Crippen MR) is 82.2 cm³/mol. The van der Waals surface area contributed by atoms with Crippen LogP contribution in [-0.2, 0) is 11.3 Å². The zero-order chi connectivity index (χ0) is 15.3. The van der Waals surface area contributed by atoms with Gasteiger partial charge in [-0.1, -0.05) is 6.07 Å². The Morgan fingerprint density at radius 2 is 1.64 bits per heavy atom. The Bertz CT molecular complexity index is 575. The highest BCUT2D eigenvalue weighted by Crippen LogP contribution is 2.60. The van der Waals surface area contributed by atoms with Gasteiger partial charge in [0, 0.05) is 12.0 Å². The highest BCUT2D eigenvalue weighted by Gasteiger charge is 2.54. The minimum atomic E-state index is -0.137. The van der Waals surface area contributed by atoms with Gasteiger partial charge in [-0.05, 0) is 74.0 Å². The number of phenols is 2. The lowest BCUT2D eigenvalue weighted by atomic mass is 9.49. The largest absolute Gasteiger partial charge is 0.504 e. The molecule has 4 bridgehead atoms. The van der Waals surface area contributed by atoms with Crippen molar-refractivity contribution in [2.45, 2.75) is 45.1 Å². The second kappa shape index (κ2) is 4.90. The van der Waals surface area contributed by atoms with E-state index in [0.717, 1.165) is 42.6 Å². The standard InChI is InChI=1S/C18H23NO3/c20-15-2-1-11(6-16(15)21)10-19-17(22)18-7-12-3-13(8-18)5-14(4-12)9-18/h1-2,6,12-14,20-21H,3-5,7-10H2,(H,19,22). The molecule has 0 radical (unpaired) electrons. The predicted octanol–water partition coefficient (Wildman–Crippen LogP) is 2.93. The molecule has 0 aliphatic heterocycles. The van der Waals surface area contributed by atoms with Crippen LogP contribution in [0.5, 0.6) is 11.5 Å². The summed E-state index contributed by atoms with van der Waals surface area (Å²) in [4.78, 5) is 12.8. The van der Waals surface area contributed by atoms with Gasteiger partial charge in [-0.2, -0.15) is 0 Å². The van der Waals surface area contributed by atoms with Gasteiger partial charge in [0.05, 0.1) is 0 Å². The molecule has 4 fully saturated rings. The van der Waals surface area contributed by atoms with Gasteiger partial charge >= 0.3 is 0 Å². The van der Waals surface area contributed by atoms with Gasteiger partial charge in [-0.25, -0.2) is 0 Å². The molecule has 4 aliphatic rings. The van der Waals surface area contributed by atoms with Crippen molar-refractivity contribution in [2.24, 2.45) is 23.2 Å². The molecule has 0 atom stereocenters. The molecule has 1 aromatic rings. The number of carbonyl (C=O) groups excluding carboxylic acids is 1. The normalized spacial score (nSPS) is 35.5. The first-order valence-electron chi connectivity index (χ1n) is 8.33. The van der Waals surface area contributed by atoms with Crippen molar-refractivity contribution in [1.29, 1.82) is 0 Å². The summed E-state index contributed by atoms with van der Waals surface area (Å²) in [7, 11) is 0. The van der Waals surface area contributed by atoms with Crippen LogP contribution >= 0.6 is 0 Å². The minimum Gasteiger partial charge on any atom is -0.504 e. The van der Waals surface area contributed by atoms with Gasteiger partial charge in [0.2, 0.25) is 5.91 Å². The average Bonchev–Trinajstić information content (AvgIpc) is 2.46. The fraction of sp³-hybridized carbons (Fsp3) is 0.611. The Morgan fingerprint density at radius 3 is 2.18 bits per heavy atom. The molecule has 118 valence electrons. The van der Waals surface area contributed by atoms with Crippen molar-refractivity contribution >= 4 is 5.91 Å². The summed E-state index contributed by atoms with van der Waals surface area (Å²) >= 11 is 0. The first kappa shape index (κ1) is 13.9. The molecule has 4 aliphatic carbocycles. The summed E-state index contributed by atoms with van der Waals surface area (Å²) in [5.74, 6) is 2.20. The van der Waals surface area contributed by atoms with Crippen LogP contribution in [-0.4, -0.2) is 16.1 Å². The van der Waals surface area contributed by atoms with Gasteiger partial charge in [0.25, 0.3) is 0 Å². The molecule has 0 spiro atoms. The molecule has 4 saturated carbocycles. The summed E-state index contributed by atoms with van der Waals surface area (Å²) in [6, 6.07) is 4.70. The maximum Gasteiger partial charge on any atom is 0.226 e. The topological polar surface area (TPSA) is 69.6 Å². The molecule has 1 aromatic carbocycles. The van der Waals surface area contributed by atoms with Crippen molar-refractivity contribution in [1.82, 2.24) is 5.32 Å². The van der Waals surface area contributed by atoms with E-state index in [1.807, 2.05) is 0 Å². The second-order valence-corrected chi connectivity index (χ2v) is 7.70. The summed E-state index contributed by atoms with van der Waals surface area (Å²) in [5.41, 5.74) is 0.682. The molecule has 0 aromatic heterocycles. The molecular formula is C18H23NO3. The smallest absolute Gasteiger partial charge is 0.226 e. The maximum atomic E-state index is 12.8. The van der Waals surface area contributed by atoms with Crippen molar-refractivity contribution < 1.29 is 15.0 Å².